The number of nitriles is 1. The van der Waals surface area contributed by atoms with E-state index in [0.717, 1.165) is 19.3 Å². The molecule has 3 heteroatoms. The Kier molecular flexibility index (Phi) is 6.86. The molecule has 0 aliphatic carbocycles. The Hall–Kier alpha value is -1.56. The van der Waals surface area contributed by atoms with E-state index in [1.165, 1.54) is 31.4 Å². The summed E-state index contributed by atoms with van der Waals surface area (Å²) >= 11 is 0. The van der Waals surface area contributed by atoms with Crippen molar-refractivity contribution in [3.8, 4) is 6.07 Å². The zero-order chi connectivity index (χ0) is 13.2. The van der Waals surface area contributed by atoms with Crippen molar-refractivity contribution in [3.05, 3.63) is 30.1 Å². The van der Waals surface area contributed by atoms with Gasteiger partial charge in [-0.15, -0.1) is 0 Å². The fraction of sp³-hybridized carbons (Fsp3) is 0.533. The summed E-state index contributed by atoms with van der Waals surface area (Å²) in [7, 11) is 0. The molecule has 1 atom stereocenters. The maximum atomic E-state index is 13.0. The molecule has 1 N–H and O–H groups in total. The van der Waals surface area contributed by atoms with Gasteiger partial charge in [-0.25, -0.2) is 4.39 Å². The molecule has 0 fully saturated rings. The van der Waals surface area contributed by atoms with E-state index in [1.54, 1.807) is 12.1 Å². The summed E-state index contributed by atoms with van der Waals surface area (Å²) in [6.07, 6.45) is 6.74. The highest BCUT2D eigenvalue weighted by Crippen LogP contribution is 2.14. The lowest BCUT2D eigenvalue weighted by molar-refractivity contribution is 0.596. The molecule has 0 saturated heterocycles. The number of halogens is 1. The Morgan fingerprint density at radius 2 is 2.06 bits per heavy atom. The van der Waals surface area contributed by atoms with Gasteiger partial charge >= 0.3 is 0 Å². The minimum Gasteiger partial charge on any atom is -0.370 e. The van der Waals surface area contributed by atoms with Crippen LogP contribution in [0.5, 0.6) is 0 Å². The van der Waals surface area contributed by atoms with Crippen molar-refractivity contribution in [1.29, 1.82) is 5.26 Å². The fourth-order valence-corrected chi connectivity index (χ4v) is 1.90. The molecule has 98 valence electrons. The molecule has 18 heavy (non-hydrogen) atoms. The van der Waals surface area contributed by atoms with Crippen molar-refractivity contribution >= 4 is 5.69 Å². The minimum atomic E-state index is -0.278. The lowest BCUT2D eigenvalue weighted by Gasteiger charge is -2.12. The fourth-order valence-electron chi connectivity index (χ4n) is 1.90. The SMILES string of the molecule is CCCCCCCC(C#N)Nc1cccc(F)c1. The Morgan fingerprint density at radius 1 is 1.28 bits per heavy atom. The van der Waals surface area contributed by atoms with Crippen LogP contribution < -0.4 is 5.32 Å². The first-order chi connectivity index (χ1) is 8.76. The summed E-state index contributed by atoms with van der Waals surface area (Å²) < 4.78 is 13.0. The van der Waals surface area contributed by atoms with Gasteiger partial charge in [-0.2, -0.15) is 5.26 Å². The van der Waals surface area contributed by atoms with Crippen LogP contribution in [0.3, 0.4) is 0 Å². The van der Waals surface area contributed by atoms with Crippen molar-refractivity contribution in [2.24, 2.45) is 0 Å². The van der Waals surface area contributed by atoms with E-state index in [4.69, 9.17) is 5.26 Å². The summed E-state index contributed by atoms with van der Waals surface area (Å²) in [5, 5.41) is 12.1. The van der Waals surface area contributed by atoms with Crippen LogP contribution in [0.1, 0.15) is 45.4 Å². The Balaban J connectivity index is 2.32. The summed E-state index contributed by atoms with van der Waals surface area (Å²) in [6.45, 7) is 2.18. The molecule has 0 amide bonds. The number of anilines is 1. The summed E-state index contributed by atoms with van der Waals surface area (Å²) in [5.74, 6) is -0.278. The second-order valence-corrected chi connectivity index (χ2v) is 4.54. The van der Waals surface area contributed by atoms with Crippen LogP contribution in [0, 0.1) is 17.1 Å². The van der Waals surface area contributed by atoms with Crippen LogP contribution >= 0.6 is 0 Å². The van der Waals surface area contributed by atoms with Crippen molar-refractivity contribution in [2.75, 3.05) is 5.32 Å². The van der Waals surface area contributed by atoms with E-state index in [2.05, 4.69) is 18.3 Å². The first-order valence-electron chi connectivity index (χ1n) is 6.68. The van der Waals surface area contributed by atoms with Crippen molar-refractivity contribution < 1.29 is 4.39 Å². The van der Waals surface area contributed by atoms with Crippen molar-refractivity contribution in [1.82, 2.24) is 0 Å². The molecule has 0 saturated carbocycles. The molecule has 0 bridgehead atoms. The summed E-state index contributed by atoms with van der Waals surface area (Å²) in [6, 6.07) is 8.25. The highest BCUT2D eigenvalue weighted by Gasteiger charge is 2.06. The lowest BCUT2D eigenvalue weighted by atomic mass is 10.1. The normalized spacial score (nSPS) is 11.8. The number of benzene rings is 1. The van der Waals surface area contributed by atoms with Gasteiger partial charge in [0, 0.05) is 5.69 Å². The Morgan fingerprint density at radius 3 is 2.72 bits per heavy atom. The van der Waals surface area contributed by atoms with Crippen LogP contribution in [0.25, 0.3) is 0 Å². The zero-order valence-corrected chi connectivity index (χ0v) is 11.0. The molecule has 0 spiro atoms. The van der Waals surface area contributed by atoms with Gasteiger partial charge in [0.2, 0.25) is 0 Å². The summed E-state index contributed by atoms with van der Waals surface area (Å²) in [4.78, 5) is 0. The van der Waals surface area contributed by atoms with E-state index < -0.39 is 0 Å². The van der Waals surface area contributed by atoms with Gasteiger partial charge in [-0.3, -0.25) is 0 Å². The minimum absolute atomic E-state index is 0.228. The van der Waals surface area contributed by atoms with Crippen molar-refractivity contribution in [2.45, 2.75) is 51.5 Å². The van der Waals surface area contributed by atoms with E-state index >= 15 is 0 Å². The molecule has 0 heterocycles. The third kappa shape index (κ3) is 5.67. The third-order valence-corrected chi connectivity index (χ3v) is 2.92. The largest absolute Gasteiger partial charge is 0.370 e. The standard InChI is InChI=1S/C15H21FN2/c1-2-3-4-5-6-9-15(12-17)18-14-10-7-8-13(16)11-14/h7-8,10-11,15,18H,2-6,9H2,1H3. The average Bonchev–Trinajstić information content (AvgIpc) is 2.37. The number of hydrogen-bond donors (Lipinski definition) is 1. The number of hydrogen-bond acceptors (Lipinski definition) is 2. The van der Waals surface area contributed by atoms with Gasteiger partial charge in [-0.05, 0) is 24.6 Å². The second kappa shape index (κ2) is 8.52. The van der Waals surface area contributed by atoms with Crippen LogP contribution in [-0.2, 0) is 0 Å². The number of rotatable bonds is 8. The first kappa shape index (κ1) is 14.5. The summed E-state index contributed by atoms with van der Waals surface area (Å²) in [5.41, 5.74) is 0.676. The second-order valence-electron chi connectivity index (χ2n) is 4.54. The molecule has 1 unspecified atom stereocenters. The van der Waals surface area contributed by atoms with Gasteiger partial charge in [0.1, 0.15) is 11.9 Å². The van der Waals surface area contributed by atoms with E-state index in [1.807, 2.05) is 0 Å². The lowest BCUT2D eigenvalue weighted by Crippen LogP contribution is -2.17. The maximum Gasteiger partial charge on any atom is 0.125 e. The van der Waals surface area contributed by atoms with Gasteiger partial charge in [-0.1, -0.05) is 45.1 Å². The van der Waals surface area contributed by atoms with Gasteiger partial charge < -0.3 is 5.32 Å². The molecule has 1 aromatic carbocycles. The van der Waals surface area contributed by atoms with Crippen LogP contribution in [-0.4, -0.2) is 6.04 Å². The van der Waals surface area contributed by atoms with Crippen LogP contribution in [0.15, 0.2) is 24.3 Å². The number of nitrogens with one attached hydrogen (secondary N) is 1. The molecule has 0 aliphatic rings. The molecular weight excluding hydrogens is 227 g/mol. The van der Waals surface area contributed by atoms with Gasteiger partial charge in [0.25, 0.3) is 0 Å². The Labute approximate surface area is 109 Å². The maximum absolute atomic E-state index is 13.0. The number of unbranched alkanes of at least 4 members (excludes halogenated alkanes) is 4. The van der Waals surface area contributed by atoms with Crippen molar-refractivity contribution in [3.63, 3.8) is 0 Å². The van der Waals surface area contributed by atoms with Gasteiger partial charge in [0.05, 0.1) is 6.07 Å². The third-order valence-electron chi connectivity index (χ3n) is 2.92. The molecule has 0 aromatic heterocycles. The molecule has 0 radical (unpaired) electrons. The molecular formula is C15H21FN2. The number of nitrogens with zero attached hydrogens (tertiary/aromatic N) is 1. The average molecular weight is 248 g/mol. The molecule has 1 aromatic rings. The van der Waals surface area contributed by atoms with E-state index in [-0.39, 0.29) is 11.9 Å². The molecule has 2 nitrogen and oxygen atoms in total. The predicted octanol–water partition coefficient (Wildman–Crippen LogP) is 4.49. The van der Waals surface area contributed by atoms with E-state index in [0.29, 0.717) is 5.69 Å². The highest BCUT2D eigenvalue weighted by atomic mass is 19.1. The first-order valence-corrected chi connectivity index (χ1v) is 6.68. The quantitative estimate of drug-likeness (QED) is 0.688. The zero-order valence-electron chi connectivity index (χ0n) is 11.0. The Bertz CT molecular complexity index is 384. The molecule has 0 aliphatic heterocycles. The highest BCUT2D eigenvalue weighted by molar-refractivity contribution is 5.45. The monoisotopic (exact) mass is 248 g/mol. The van der Waals surface area contributed by atoms with Gasteiger partial charge in [0.15, 0.2) is 0 Å². The smallest absolute Gasteiger partial charge is 0.125 e. The van der Waals surface area contributed by atoms with Crippen LogP contribution in [0.4, 0.5) is 10.1 Å². The topological polar surface area (TPSA) is 35.8 Å². The van der Waals surface area contributed by atoms with Crippen LogP contribution in [0.2, 0.25) is 0 Å². The van der Waals surface area contributed by atoms with E-state index in [9.17, 15) is 4.39 Å². The predicted molar refractivity (Wildman–Crippen MR) is 72.8 cm³/mol. The molecule has 1 rings (SSSR count).